The van der Waals surface area contributed by atoms with Crippen LogP contribution >= 0.6 is 0 Å². The summed E-state index contributed by atoms with van der Waals surface area (Å²) in [5, 5.41) is 0. The molecule has 2 nitrogen and oxygen atoms in total. The minimum atomic E-state index is 0. The van der Waals surface area contributed by atoms with Crippen LogP contribution in [0.3, 0.4) is 0 Å². The molecule has 0 saturated heterocycles. The molecule has 0 saturated carbocycles. The predicted octanol–water partition coefficient (Wildman–Crippen LogP) is 2.64. The zero-order chi connectivity index (χ0) is 18.2. The Morgan fingerprint density at radius 3 is 2.07 bits per heavy atom. The molecule has 1 atom stereocenters. The van der Waals surface area contributed by atoms with Gasteiger partial charge in [0, 0.05) is 19.5 Å². The summed E-state index contributed by atoms with van der Waals surface area (Å²) in [6.45, 7) is 4.02. The van der Waals surface area contributed by atoms with E-state index in [1.54, 1.807) is 0 Å². The average Bonchev–Trinajstić information content (AvgIpc) is 2.68. The van der Waals surface area contributed by atoms with Gasteiger partial charge in [-0.3, -0.25) is 0 Å². The normalized spacial score (nSPS) is 11.7. The van der Waals surface area contributed by atoms with Crippen molar-refractivity contribution in [2.75, 3.05) is 13.6 Å². The van der Waals surface area contributed by atoms with Crippen LogP contribution in [0.2, 0.25) is 0 Å². The van der Waals surface area contributed by atoms with Crippen LogP contribution in [0.5, 0.6) is 5.75 Å². The second kappa shape index (κ2) is 11.0. The van der Waals surface area contributed by atoms with Crippen LogP contribution in [-0.4, -0.2) is 18.5 Å². The molecule has 0 spiro atoms. The molecule has 27 heavy (non-hydrogen) atoms. The first-order valence-electron chi connectivity index (χ1n) is 9.22. The van der Waals surface area contributed by atoms with Gasteiger partial charge >= 0.3 is 18.9 Å². The zero-order valence-corrected chi connectivity index (χ0v) is 16.6. The molecule has 0 aromatic heterocycles. The second-order valence-electron chi connectivity index (χ2n) is 6.79. The Balaban J connectivity index is 0.00000261. The van der Waals surface area contributed by atoms with Gasteiger partial charge in [-0.05, 0) is 36.7 Å². The summed E-state index contributed by atoms with van der Waals surface area (Å²) in [6, 6.07) is 29.4. The summed E-state index contributed by atoms with van der Waals surface area (Å²) < 4.78 is 6.41. The van der Waals surface area contributed by atoms with Crippen molar-refractivity contribution >= 4 is 0 Å². The molecule has 0 aliphatic rings. The van der Waals surface area contributed by atoms with Crippen LogP contribution in [0.1, 0.15) is 29.2 Å². The first-order valence-corrected chi connectivity index (χ1v) is 9.22. The van der Waals surface area contributed by atoms with Crippen molar-refractivity contribution in [1.29, 1.82) is 0 Å². The van der Waals surface area contributed by atoms with Gasteiger partial charge in [-0.1, -0.05) is 78.9 Å². The number of ether oxygens (including phenoxy) is 1. The molecule has 3 aromatic carbocycles. The van der Waals surface area contributed by atoms with Gasteiger partial charge in [0.25, 0.3) is 0 Å². The summed E-state index contributed by atoms with van der Waals surface area (Å²) in [5.74, 6) is 0.965. The Hall–Kier alpha value is -1.98. The molecular formula is C24H27LiNO+. The maximum Gasteiger partial charge on any atom is 1.00 e. The van der Waals surface area contributed by atoms with E-state index < -0.39 is 0 Å². The Labute approximate surface area is 175 Å². The first-order chi connectivity index (χ1) is 12.7. The molecular weight excluding hydrogens is 325 g/mol. The van der Waals surface area contributed by atoms with E-state index in [0.29, 0.717) is 0 Å². The molecule has 0 N–H and O–H groups in total. The minimum Gasteiger partial charge on any atom is -0.485 e. The summed E-state index contributed by atoms with van der Waals surface area (Å²) >= 11 is 0. The third kappa shape index (κ3) is 6.59. The van der Waals surface area contributed by atoms with Gasteiger partial charge in [-0.15, -0.1) is 0 Å². The summed E-state index contributed by atoms with van der Waals surface area (Å²) in [5.41, 5.74) is 3.74. The molecule has 3 rings (SSSR count). The van der Waals surface area contributed by atoms with E-state index in [-0.39, 0.29) is 25.0 Å². The molecule has 0 bridgehead atoms. The number of rotatable bonds is 8. The van der Waals surface area contributed by atoms with Crippen LogP contribution < -0.4 is 23.6 Å². The number of hydrogen-bond acceptors (Lipinski definition) is 2. The van der Waals surface area contributed by atoms with Crippen LogP contribution in [-0.2, 0) is 6.54 Å². The van der Waals surface area contributed by atoms with Gasteiger partial charge in [0.15, 0.2) is 0 Å². The van der Waals surface area contributed by atoms with E-state index in [1.807, 2.05) is 12.1 Å². The molecule has 0 amide bonds. The molecule has 0 aliphatic carbocycles. The smallest absolute Gasteiger partial charge is 0.485 e. The number of benzene rings is 3. The van der Waals surface area contributed by atoms with Crippen molar-refractivity contribution in [3.63, 3.8) is 0 Å². The molecule has 3 heteroatoms. The largest absolute Gasteiger partial charge is 1.00 e. The molecule has 3 aromatic rings. The minimum absolute atomic E-state index is 0. The monoisotopic (exact) mass is 352 g/mol. The molecule has 0 fully saturated rings. The summed E-state index contributed by atoms with van der Waals surface area (Å²) in [7, 11) is 2.17. The van der Waals surface area contributed by atoms with Crippen molar-refractivity contribution in [3.8, 4) is 5.75 Å². The van der Waals surface area contributed by atoms with Crippen molar-refractivity contribution in [2.24, 2.45) is 0 Å². The van der Waals surface area contributed by atoms with Gasteiger partial charge in [0.2, 0.25) is 0 Å². The van der Waals surface area contributed by atoms with Gasteiger partial charge in [0.1, 0.15) is 11.9 Å². The Bertz CT molecular complexity index is 792. The quantitative estimate of drug-likeness (QED) is 0.578. The van der Waals surface area contributed by atoms with Crippen LogP contribution in [0.25, 0.3) is 0 Å². The zero-order valence-electron chi connectivity index (χ0n) is 16.6. The van der Waals surface area contributed by atoms with Crippen molar-refractivity contribution < 1.29 is 23.6 Å². The van der Waals surface area contributed by atoms with E-state index in [0.717, 1.165) is 25.3 Å². The maximum atomic E-state index is 6.41. The average molecular weight is 352 g/mol. The molecule has 0 aliphatic heterocycles. The third-order valence-corrected chi connectivity index (χ3v) is 4.60. The van der Waals surface area contributed by atoms with Crippen LogP contribution in [0.4, 0.5) is 0 Å². The standard InChI is InChI=1S/C24H27NO.Li/c1-20-11-9-10-16-23(20)26-24(22-14-7-4-8-15-22)17-18-25(2)19-21-12-5-3-6-13-21;/h3-16,24H,17-19H2,1-2H3;/q;+1/t24-;/m1./s1. The van der Waals surface area contributed by atoms with Gasteiger partial charge in [-0.25, -0.2) is 0 Å². The predicted molar refractivity (Wildman–Crippen MR) is 108 cm³/mol. The van der Waals surface area contributed by atoms with Crippen molar-refractivity contribution in [3.05, 3.63) is 102 Å². The second-order valence-corrected chi connectivity index (χ2v) is 6.79. The Morgan fingerprint density at radius 1 is 0.815 bits per heavy atom. The van der Waals surface area contributed by atoms with Crippen molar-refractivity contribution in [1.82, 2.24) is 4.90 Å². The van der Waals surface area contributed by atoms with E-state index >= 15 is 0 Å². The van der Waals surface area contributed by atoms with Crippen LogP contribution in [0.15, 0.2) is 84.9 Å². The maximum absolute atomic E-state index is 6.41. The number of hydrogen-bond donors (Lipinski definition) is 0. The van der Waals surface area contributed by atoms with E-state index in [4.69, 9.17) is 4.74 Å². The topological polar surface area (TPSA) is 12.5 Å². The SMILES string of the molecule is Cc1ccccc1O[C@H](CCN(C)Cc1ccccc1)c1ccccc1.[Li+]. The fraction of sp³-hybridized carbons (Fsp3) is 0.250. The Kier molecular flexibility index (Phi) is 8.68. The van der Waals surface area contributed by atoms with E-state index in [1.165, 1.54) is 16.7 Å². The number of para-hydroxylation sites is 1. The van der Waals surface area contributed by atoms with Gasteiger partial charge in [0.05, 0.1) is 0 Å². The number of aryl methyl sites for hydroxylation is 1. The van der Waals surface area contributed by atoms with Gasteiger partial charge in [-0.2, -0.15) is 0 Å². The summed E-state index contributed by atoms with van der Waals surface area (Å²) in [6.07, 6.45) is 0.998. The number of nitrogens with zero attached hydrogens (tertiary/aromatic N) is 1. The summed E-state index contributed by atoms with van der Waals surface area (Å²) in [4.78, 5) is 2.35. The van der Waals surface area contributed by atoms with Crippen LogP contribution in [0, 0.1) is 6.92 Å². The third-order valence-electron chi connectivity index (χ3n) is 4.60. The van der Waals surface area contributed by atoms with Crippen molar-refractivity contribution in [2.45, 2.75) is 26.0 Å². The molecule has 134 valence electrons. The molecule has 0 radical (unpaired) electrons. The fourth-order valence-electron chi connectivity index (χ4n) is 3.12. The fourth-order valence-corrected chi connectivity index (χ4v) is 3.12. The molecule has 0 unspecified atom stereocenters. The van der Waals surface area contributed by atoms with E-state index in [2.05, 4.69) is 91.7 Å². The van der Waals surface area contributed by atoms with E-state index in [9.17, 15) is 0 Å². The Morgan fingerprint density at radius 2 is 1.41 bits per heavy atom. The molecule has 0 heterocycles. The van der Waals surface area contributed by atoms with Gasteiger partial charge < -0.3 is 9.64 Å². The first kappa shape index (κ1) is 21.3.